The molecule has 0 atom stereocenters. The molecule has 0 unspecified atom stereocenters. The lowest BCUT2D eigenvalue weighted by Crippen LogP contribution is -2.27. The monoisotopic (exact) mass is 291 g/mol. The molecule has 2 heterocycles. The first-order valence-corrected chi connectivity index (χ1v) is 7.79. The first kappa shape index (κ1) is 12.8. The van der Waals surface area contributed by atoms with Gasteiger partial charge < -0.3 is 5.73 Å². The van der Waals surface area contributed by atoms with E-state index in [1.807, 2.05) is 0 Å². The van der Waals surface area contributed by atoms with Crippen LogP contribution in [0.15, 0.2) is 35.5 Å². The third-order valence-electron chi connectivity index (χ3n) is 3.10. The van der Waals surface area contributed by atoms with Crippen LogP contribution in [0.1, 0.15) is 5.56 Å². The number of fused-ring (bicyclic) bond motifs is 1. The largest absolute Gasteiger partial charge is 0.383 e. The second-order valence-electron chi connectivity index (χ2n) is 4.50. The Morgan fingerprint density at radius 1 is 1.25 bits per heavy atom. The van der Waals surface area contributed by atoms with Crippen LogP contribution in [-0.2, 0) is 16.4 Å². The van der Waals surface area contributed by atoms with E-state index in [2.05, 4.69) is 15.4 Å². The zero-order valence-corrected chi connectivity index (χ0v) is 11.6. The Kier molecular flexibility index (Phi) is 2.84. The van der Waals surface area contributed by atoms with Crippen molar-refractivity contribution in [1.29, 1.82) is 0 Å². The number of hydrazine groups is 1. The third-order valence-corrected chi connectivity index (χ3v) is 4.23. The molecule has 104 valence electrons. The lowest BCUT2D eigenvalue weighted by atomic mass is 10.3. The Morgan fingerprint density at radius 3 is 2.60 bits per heavy atom. The lowest BCUT2D eigenvalue weighted by Gasteiger charge is -2.18. The maximum atomic E-state index is 11.4. The molecule has 20 heavy (non-hydrogen) atoms. The zero-order valence-electron chi connectivity index (χ0n) is 10.7. The minimum absolute atomic E-state index is 0.280. The number of hydrogen-bond acceptors (Lipinski definition) is 7. The van der Waals surface area contributed by atoms with Gasteiger partial charge in [-0.1, -0.05) is 0 Å². The van der Waals surface area contributed by atoms with Gasteiger partial charge >= 0.3 is 0 Å². The van der Waals surface area contributed by atoms with E-state index < -0.39 is 9.84 Å². The quantitative estimate of drug-likeness (QED) is 0.836. The van der Waals surface area contributed by atoms with E-state index in [0.717, 1.165) is 11.3 Å². The second-order valence-corrected chi connectivity index (χ2v) is 6.51. The summed E-state index contributed by atoms with van der Waals surface area (Å²) in [5.41, 5.74) is 10.6. The van der Waals surface area contributed by atoms with E-state index >= 15 is 0 Å². The maximum absolute atomic E-state index is 11.4. The number of nitrogen functional groups attached to an aromatic ring is 1. The van der Waals surface area contributed by atoms with Crippen molar-refractivity contribution in [2.24, 2.45) is 0 Å². The minimum atomic E-state index is -3.19. The molecule has 0 amide bonds. The summed E-state index contributed by atoms with van der Waals surface area (Å²) in [6.45, 7) is 0.538. The molecule has 0 saturated heterocycles. The Morgan fingerprint density at radius 2 is 1.95 bits per heavy atom. The number of nitrogens with one attached hydrogen (secondary N) is 1. The molecule has 0 saturated carbocycles. The molecule has 0 spiro atoms. The fraction of sp³-hybridized carbons (Fsp3) is 0.167. The SMILES string of the molecule is CS(=O)(=O)c1ccc(N2NCc3c(N)ncnc32)cc1. The summed E-state index contributed by atoms with van der Waals surface area (Å²) in [4.78, 5) is 8.43. The van der Waals surface area contributed by atoms with Gasteiger partial charge in [0.25, 0.3) is 0 Å². The first-order valence-electron chi connectivity index (χ1n) is 5.90. The topological polar surface area (TPSA) is 101 Å². The third kappa shape index (κ3) is 2.08. The van der Waals surface area contributed by atoms with E-state index in [1.165, 1.54) is 12.6 Å². The maximum Gasteiger partial charge on any atom is 0.175 e. The van der Waals surface area contributed by atoms with Crippen molar-refractivity contribution in [3.8, 4) is 0 Å². The molecule has 0 radical (unpaired) electrons. The number of benzene rings is 1. The van der Waals surface area contributed by atoms with Gasteiger partial charge in [0.2, 0.25) is 0 Å². The van der Waals surface area contributed by atoms with Crippen molar-refractivity contribution < 1.29 is 8.42 Å². The molecular formula is C12H13N5O2S. The van der Waals surface area contributed by atoms with Crippen LogP contribution in [0.3, 0.4) is 0 Å². The number of rotatable bonds is 2. The van der Waals surface area contributed by atoms with E-state index in [0.29, 0.717) is 18.2 Å². The van der Waals surface area contributed by atoms with Gasteiger partial charge in [-0.2, -0.15) is 0 Å². The number of hydrogen-bond donors (Lipinski definition) is 2. The number of nitrogens with zero attached hydrogens (tertiary/aromatic N) is 3. The van der Waals surface area contributed by atoms with Crippen LogP contribution < -0.4 is 16.2 Å². The Labute approximate surface area is 116 Å². The first-order chi connectivity index (χ1) is 9.47. The van der Waals surface area contributed by atoms with Crippen LogP contribution in [0, 0.1) is 0 Å². The molecule has 1 aliphatic heterocycles. The highest BCUT2D eigenvalue weighted by Gasteiger charge is 2.24. The molecule has 0 fully saturated rings. The smallest absolute Gasteiger partial charge is 0.175 e. The summed E-state index contributed by atoms with van der Waals surface area (Å²) >= 11 is 0. The molecule has 1 aromatic carbocycles. The fourth-order valence-electron chi connectivity index (χ4n) is 2.07. The van der Waals surface area contributed by atoms with Gasteiger partial charge in [-0.05, 0) is 24.3 Å². The predicted molar refractivity (Wildman–Crippen MR) is 75.0 cm³/mol. The molecule has 0 bridgehead atoms. The highest BCUT2D eigenvalue weighted by molar-refractivity contribution is 7.90. The van der Waals surface area contributed by atoms with Gasteiger partial charge in [-0.25, -0.2) is 23.8 Å². The Balaban J connectivity index is 1.99. The van der Waals surface area contributed by atoms with Gasteiger partial charge in [0, 0.05) is 12.8 Å². The fourth-order valence-corrected chi connectivity index (χ4v) is 2.70. The van der Waals surface area contributed by atoms with Gasteiger partial charge in [0.1, 0.15) is 12.1 Å². The van der Waals surface area contributed by atoms with Crippen LogP contribution in [0.2, 0.25) is 0 Å². The summed E-state index contributed by atoms with van der Waals surface area (Å²) in [6.07, 6.45) is 2.58. The normalized spacial score (nSPS) is 14.3. The molecule has 3 rings (SSSR count). The Hall–Kier alpha value is -2.19. The standard InChI is InChI=1S/C12H13N5O2S/c1-20(18,19)9-4-2-8(3-5-9)17-12-10(6-16-17)11(13)14-7-15-12/h2-5,7,16H,6H2,1H3,(H2,13,14,15). The van der Waals surface area contributed by atoms with Crippen molar-refractivity contribution in [3.05, 3.63) is 36.2 Å². The van der Waals surface area contributed by atoms with Crippen molar-refractivity contribution >= 4 is 27.2 Å². The van der Waals surface area contributed by atoms with Crippen LogP contribution in [0.5, 0.6) is 0 Å². The van der Waals surface area contributed by atoms with E-state index in [-0.39, 0.29) is 4.90 Å². The molecule has 8 heteroatoms. The van der Waals surface area contributed by atoms with Crippen molar-refractivity contribution in [2.75, 3.05) is 17.0 Å². The van der Waals surface area contributed by atoms with E-state index in [4.69, 9.17) is 5.73 Å². The van der Waals surface area contributed by atoms with Gasteiger partial charge in [-0.3, -0.25) is 5.01 Å². The summed E-state index contributed by atoms with van der Waals surface area (Å²) in [6, 6.07) is 6.57. The summed E-state index contributed by atoms with van der Waals surface area (Å²) in [5.74, 6) is 1.13. The van der Waals surface area contributed by atoms with E-state index in [1.54, 1.807) is 29.3 Å². The number of sulfone groups is 1. The number of nitrogens with two attached hydrogens (primary N) is 1. The average Bonchev–Trinajstić information content (AvgIpc) is 2.83. The zero-order chi connectivity index (χ0) is 14.3. The van der Waals surface area contributed by atoms with Gasteiger partial charge in [0.15, 0.2) is 15.7 Å². The lowest BCUT2D eigenvalue weighted by molar-refractivity contribution is 0.602. The molecular weight excluding hydrogens is 278 g/mol. The number of anilines is 3. The summed E-state index contributed by atoms with van der Waals surface area (Å²) < 4.78 is 22.9. The number of aromatic nitrogens is 2. The molecule has 0 aliphatic carbocycles. The van der Waals surface area contributed by atoms with Crippen LogP contribution in [-0.4, -0.2) is 24.6 Å². The van der Waals surface area contributed by atoms with Crippen LogP contribution in [0.25, 0.3) is 0 Å². The molecule has 2 aromatic rings. The van der Waals surface area contributed by atoms with Crippen molar-refractivity contribution in [1.82, 2.24) is 15.4 Å². The summed E-state index contributed by atoms with van der Waals surface area (Å²) in [7, 11) is -3.19. The van der Waals surface area contributed by atoms with Crippen molar-refractivity contribution in [3.63, 3.8) is 0 Å². The van der Waals surface area contributed by atoms with Crippen LogP contribution >= 0.6 is 0 Å². The summed E-state index contributed by atoms with van der Waals surface area (Å²) in [5, 5.41) is 1.76. The van der Waals surface area contributed by atoms with Gasteiger partial charge in [-0.15, -0.1) is 0 Å². The molecule has 1 aromatic heterocycles. The van der Waals surface area contributed by atoms with Crippen molar-refractivity contribution in [2.45, 2.75) is 11.4 Å². The van der Waals surface area contributed by atoms with Crippen LogP contribution in [0.4, 0.5) is 17.3 Å². The minimum Gasteiger partial charge on any atom is -0.383 e. The predicted octanol–water partition coefficient (Wildman–Crippen LogP) is 0.619. The molecule has 3 N–H and O–H groups in total. The highest BCUT2D eigenvalue weighted by atomic mass is 32.2. The molecule has 1 aliphatic rings. The highest BCUT2D eigenvalue weighted by Crippen LogP contribution is 2.32. The molecule has 7 nitrogen and oxygen atoms in total. The Bertz CT molecular complexity index is 758. The van der Waals surface area contributed by atoms with E-state index in [9.17, 15) is 8.42 Å². The second kappa shape index (κ2) is 4.43. The average molecular weight is 291 g/mol. The van der Waals surface area contributed by atoms with Gasteiger partial charge in [0.05, 0.1) is 16.1 Å².